The third kappa shape index (κ3) is 7.98. The average molecular weight is 601 g/mol. The van der Waals surface area contributed by atoms with Crippen LogP contribution in [0.5, 0.6) is 5.75 Å². The van der Waals surface area contributed by atoms with Crippen molar-refractivity contribution in [3.05, 3.63) is 83.3 Å². The molecule has 0 unspecified atom stereocenters. The fourth-order valence-corrected chi connectivity index (χ4v) is 5.33. The molecule has 0 radical (unpaired) electrons. The Bertz CT molecular complexity index is 1640. The van der Waals surface area contributed by atoms with Crippen molar-refractivity contribution in [2.75, 3.05) is 29.1 Å². The van der Waals surface area contributed by atoms with Crippen LogP contribution in [0.15, 0.2) is 66.7 Å². The van der Waals surface area contributed by atoms with Crippen LogP contribution in [0, 0.1) is 0 Å². The Morgan fingerprint density at radius 1 is 0.930 bits per heavy atom. The second kappa shape index (κ2) is 13.5. The molecule has 0 spiro atoms. The number of carbonyl (C=O) groups excluding carboxylic acids is 3. The molecule has 0 bridgehead atoms. The van der Waals surface area contributed by atoms with E-state index in [2.05, 4.69) is 25.9 Å². The number of halogens is 1. The van der Waals surface area contributed by atoms with Crippen molar-refractivity contribution >= 4 is 57.5 Å². The van der Waals surface area contributed by atoms with Crippen LogP contribution in [0.4, 0.5) is 22.0 Å². The molecule has 11 heteroatoms. The van der Waals surface area contributed by atoms with Gasteiger partial charge in [0.05, 0.1) is 6.54 Å². The maximum absolute atomic E-state index is 12.7. The molecule has 3 aromatic carbocycles. The van der Waals surface area contributed by atoms with Crippen LogP contribution in [-0.4, -0.2) is 47.5 Å². The summed E-state index contributed by atoms with van der Waals surface area (Å²) in [6, 6.07) is 20.8. The van der Waals surface area contributed by atoms with Gasteiger partial charge >= 0.3 is 12.0 Å². The van der Waals surface area contributed by atoms with E-state index in [1.165, 1.54) is 6.92 Å². The first-order valence-electron chi connectivity index (χ1n) is 14.1. The number of nitrogens with one attached hydrogen (secondary N) is 3. The quantitative estimate of drug-likeness (QED) is 0.160. The molecule has 1 fully saturated rings. The lowest BCUT2D eigenvalue weighted by Crippen LogP contribution is -2.40. The molecule has 10 nitrogen and oxygen atoms in total. The van der Waals surface area contributed by atoms with Gasteiger partial charge in [-0.25, -0.2) is 14.8 Å². The first-order chi connectivity index (χ1) is 20.7. The standard InChI is InChI=1S/C32H33ClN6O4/c1-20(40)43-29-30(33)37-27(38-31(29)39(2)19-28(41)34-24-9-5-6-10-24)17-21-11-14-25(15-12-21)35-32(42)36-26-16-13-22-7-3-4-8-23(22)18-26/h3-4,7-8,11-16,18,24H,5-6,9-10,17,19H2,1-2H3,(H,34,41)(H2,35,36,42). The number of hydrogen-bond donors (Lipinski definition) is 3. The zero-order chi connectivity index (χ0) is 30.3. The normalized spacial score (nSPS) is 13.0. The zero-order valence-electron chi connectivity index (χ0n) is 24.0. The maximum atomic E-state index is 12.7. The molecule has 0 atom stereocenters. The van der Waals surface area contributed by atoms with E-state index < -0.39 is 5.97 Å². The molecule has 4 aromatic rings. The molecule has 1 aliphatic rings. The fraction of sp³-hybridized carbons (Fsp3) is 0.281. The Kier molecular flexibility index (Phi) is 9.36. The van der Waals surface area contributed by atoms with E-state index in [1.807, 2.05) is 54.6 Å². The molecule has 3 amide bonds. The molecule has 1 saturated carbocycles. The molecule has 43 heavy (non-hydrogen) atoms. The van der Waals surface area contributed by atoms with Crippen molar-refractivity contribution in [3.8, 4) is 5.75 Å². The molecule has 1 heterocycles. The molecular formula is C32H33ClN6O4. The van der Waals surface area contributed by atoms with Crippen molar-refractivity contribution in [2.24, 2.45) is 0 Å². The summed E-state index contributed by atoms with van der Waals surface area (Å²) in [7, 11) is 1.69. The number of amides is 3. The molecule has 5 rings (SSSR count). The minimum Gasteiger partial charge on any atom is -0.419 e. The van der Waals surface area contributed by atoms with Crippen molar-refractivity contribution in [3.63, 3.8) is 0 Å². The summed E-state index contributed by atoms with van der Waals surface area (Å²) in [5.41, 5.74) is 2.17. The number of nitrogens with zero attached hydrogens (tertiary/aromatic N) is 3. The highest BCUT2D eigenvalue weighted by Gasteiger charge is 2.23. The van der Waals surface area contributed by atoms with Gasteiger partial charge < -0.3 is 25.6 Å². The first kappa shape index (κ1) is 29.8. The van der Waals surface area contributed by atoms with Crippen molar-refractivity contribution in [1.82, 2.24) is 15.3 Å². The van der Waals surface area contributed by atoms with Gasteiger partial charge in [0, 0.05) is 37.8 Å². The van der Waals surface area contributed by atoms with Crippen molar-refractivity contribution in [2.45, 2.75) is 45.1 Å². The van der Waals surface area contributed by atoms with Crippen LogP contribution in [0.2, 0.25) is 5.15 Å². The Morgan fingerprint density at radius 2 is 1.60 bits per heavy atom. The van der Waals surface area contributed by atoms with Crippen molar-refractivity contribution < 1.29 is 19.1 Å². The number of anilines is 3. The minimum absolute atomic E-state index is 0.00561. The number of likely N-dealkylation sites (N-methyl/N-ethyl adjacent to an activating group) is 1. The van der Waals surface area contributed by atoms with E-state index >= 15 is 0 Å². The number of benzene rings is 3. The minimum atomic E-state index is -0.573. The second-order valence-electron chi connectivity index (χ2n) is 10.6. The second-order valence-corrected chi connectivity index (χ2v) is 11.0. The molecule has 0 aliphatic heterocycles. The molecule has 3 N–H and O–H groups in total. The number of hydrogen-bond acceptors (Lipinski definition) is 7. The lowest BCUT2D eigenvalue weighted by molar-refractivity contribution is -0.131. The van der Waals surface area contributed by atoms with Crippen LogP contribution in [0.1, 0.15) is 44.0 Å². The Morgan fingerprint density at radius 3 is 2.33 bits per heavy atom. The van der Waals surface area contributed by atoms with Crippen LogP contribution in [0.3, 0.4) is 0 Å². The average Bonchev–Trinajstić information content (AvgIpc) is 3.48. The number of aromatic nitrogens is 2. The monoisotopic (exact) mass is 600 g/mol. The van der Waals surface area contributed by atoms with Gasteiger partial charge in [0.1, 0.15) is 5.82 Å². The van der Waals surface area contributed by atoms with E-state index in [0.717, 1.165) is 42.0 Å². The maximum Gasteiger partial charge on any atom is 0.323 e. The third-order valence-electron chi connectivity index (χ3n) is 7.14. The van der Waals surface area contributed by atoms with E-state index in [4.69, 9.17) is 16.3 Å². The number of ether oxygens (including phenoxy) is 1. The van der Waals surface area contributed by atoms with Gasteiger partial charge in [0.2, 0.25) is 11.7 Å². The van der Waals surface area contributed by atoms with Gasteiger partial charge in [-0.3, -0.25) is 9.59 Å². The topological polar surface area (TPSA) is 126 Å². The number of fused-ring (bicyclic) bond motifs is 1. The van der Waals surface area contributed by atoms with Gasteiger partial charge in [-0.05, 0) is 53.4 Å². The van der Waals surface area contributed by atoms with E-state index in [1.54, 1.807) is 24.1 Å². The molecular weight excluding hydrogens is 568 g/mol. The summed E-state index contributed by atoms with van der Waals surface area (Å²) in [4.78, 5) is 47.6. The molecule has 222 valence electrons. The van der Waals surface area contributed by atoms with E-state index in [-0.39, 0.29) is 41.2 Å². The molecule has 1 aliphatic carbocycles. The predicted octanol–water partition coefficient (Wildman–Crippen LogP) is 5.94. The van der Waals surface area contributed by atoms with Crippen molar-refractivity contribution in [1.29, 1.82) is 0 Å². The molecule has 0 saturated heterocycles. The number of esters is 1. The summed E-state index contributed by atoms with van der Waals surface area (Å²) >= 11 is 6.43. The Balaban J connectivity index is 1.24. The SMILES string of the molecule is CC(=O)Oc1c(Cl)nc(Cc2ccc(NC(=O)Nc3ccc4ccccc4c3)cc2)nc1N(C)CC(=O)NC1CCCC1. The van der Waals surface area contributed by atoms with Gasteiger partial charge in [-0.2, -0.15) is 0 Å². The largest absolute Gasteiger partial charge is 0.419 e. The van der Waals surface area contributed by atoms with Gasteiger partial charge in [-0.1, -0.05) is 66.9 Å². The predicted molar refractivity (Wildman–Crippen MR) is 168 cm³/mol. The lowest BCUT2D eigenvalue weighted by Gasteiger charge is -2.22. The smallest absolute Gasteiger partial charge is 0.323 e. The Labute approximate surface area is 254 Å². The first-order valence-corrected chi connectivity index (χ1v) is 14.5. The molecule has 1 aromatic heterocycles. The zero-order valence-corrected chi connectivity index (χ0v) is 24.8. The summed E-state index contributed by atoms with van der Waals surface area (Å²) in [6.07, 6.45) is 4.48. The Hall–Kier alpha value is -4.70. The highest BCUT2D eigenvalue weighted by Crippen LogP contribution is 2.33. The highest BCUT2D eigenvalue weighted by molar-refractivity contribution is 6.31. The summed E-state index contributed by atoms with van der Waals surface area (Å²) in [6.45, 7) is 1.28. The fourth-order valence-electron chi connectivity index (χ4n) is 5.11. The van der Waals surface area contributed by atoms with Gasteiger partial charge in [0.15, 0.2) is 11.0 Å². The van der Waals surface area contributed by atoms with Crippen LogP contribution >= 0.6 is 11.6 Å². The summed E-state index contributed by atoms with van der Waals surface area (Å²) in [5, 5.41) is 10.9. The number of carbonyl (C=O) groups is 3. The van der Waals surface area contributed by atoms with Gasteiger partial charge in [0.25, 0.3) is 0 Å². The van der Waals surface area contributed by atoms with Gasteiger partial charge in [-0.15, -0.1) is 0 Å². The summed E-state index contributed by atoms with van der Waals surface area (Å²) in [5.74, 6) is -0.0848. The van der Waals surface area contributed by atoms with Crippen LogP contribution in [-0.2, 0) is 16.0 Å². The van der Waals surface area contributed by atoms with Crippen LogP contribution in [0.25, 0.3) is 10.8 Å². The van der Waals surface area contributed by atoms with Crippen LogP contribution < -0.4 is 25.6 Å². The summed E-state index contributed by atoms with van der Waals surface area (Å²) < 4.78 is 5.32. The van der Waals surface area contributed by atoms with E-state index in [9.17, 15) is 14.4 Å². The third-order valence-corrected chi connectivity index (χ3v) is 7.40. The lowest BCUT2D eigenvalue weighted by atomic mass is 10.1. The number of urea groups is 1. The van der Waals surface area contributed by atoms with E-state index in [0.29, 0.717) is 23.6 Å². The number of rotatable bonds is 9. The highest BCUT2D eigenvalue weighted by atomic mass is 35.5.